The average molecular weight is 318 g/mol. The summed E-state index contributed by atoms with van der Waals surface area (Å²) >= 11 is 6.12. The lowest BCUT2D eigenvalue weighted by atomic mass is 10.0. The van der Waals surface area contributed by atoms with Crippen LogP contribution in [0.2, 0.25) is 5.02 Å². The fourth-order valence-corrected chi connectivity index (χ4v) is 2.28. The molecule has 22 heavy (non-hydrogen) atoms. The van der Waals surface area contributed by atoms with E-state index in [1.54, 1.807) is 32.5 Å². The van der Waals surface area contributed by atoms with Gasteiger partial charge in [-0.25, -0.2) is 4.79 Å². The normalized spacial score (nSPS) is 11.4. The van der Waals surface area contributed by atoms with E-state index in [2.05, 4.69) is 4.98 Å². The van der Waals surface area contributed by atoms with Crippen LogP contribution in [-0.2, 0) is 4.79 Å². The first-order valence-corrected chi connectivity index (χ1v) is 7.01. The summed E-state index contributed by atoms with van der Waals surface area (Å²) in [6.45, 7) is 3.65. The molecule has 4 nitrogen and oxygen atoms in total. The van der Waals surface area contributed by atoms with Crippen LogP contribution in [0.4, 0.5) is 0 Å². The van der Waals surface area contributed by atoms with Crippen molar-refractivity contribution in [3.05, 3.63) is 52.8 Å². The van der Waals surface area contributed by atoms with Crippen molar-refractivity contribution < 1.29 is 14.6 Å². The van der Waals surface area contributed by atoms with E-state index in [9.17, 15) is 4.79 Å². The summed E-state index contributed by atoms with van der Waals surface area (Å²) in [6, 6.07) is 5.57. The maximum absolute atomic E-state index is 10.8. The highest BCUT2D eigenvalue weighted by Crippen LogP contribution is 2.35. The molecule has 0 atom stereocenters. The van der Waals surface area contributed by atoms with Gasteiger partial charge in [-0.15, -0.1) is 0 Å². The van der Waals surface area contributed by atoms with Gasteiger partial charge in [0.2, 0.25) is 0 Å². The molecule has 0 bridgehead atoms. The van der Waals surface area contributed by atoms with E-state index in [0.717, 1.165) is 28.3 Å². The number of nitrogens with zero attached hydrogens (tertiary/aromatic N) is 1. The molecule has 0 unspecified atom stereocenters. The van der Waals surface area contributed by atoms with Gasteiger partial charge < -0.3 is 9.84 Å². The third-order valence-electron chi connectivity index (χ3n) is 3.33. The maximum Gasteiger partial charge on any atom is 0.328 e. The second kappa shape index (κ2) is 6.62. The molecule has 1 aromatic carbocycles. The van der Waals surface area contributed by atoms with Crippen LogP contribution < -0.4 is 4.74 Å². The second-order valence-electron chi connectivity index (χ2n) is 4.93. The average Bonchev–Trinajstić information content (AvgIpc) is 2.49. The number of aryl methyl sites for hydroxylation is 1. The smallest absolute Gasteiger partial charge is 0.328 e. The molecule has 2 rings (SSSR count). The van der Waals surface area contributed by atoms with Crippen molar-refractivity contribution in [2.75, 3.05) is 7.11 Å². The zero-order chi connectivity index (χ0) is 16.3. The van der Waals surface area contributed by atoms with Gasteiger partial charge in [-0.3, -0.25) is 4.98 Å². The van der Waals surface area contributed by atoms with Gasteiger partial charge in [-0.2, -0.15) is 0 Å². The van der Waals surface area contributed by atoms with E-state index >= 15 is 0 Å². The van der Waals surface area contributed by atoms with E-state index in [1.165, 1.54) is 0 Å². The second-order valence-corrected chi connectivity index (χ2v) is 5.34. The fourth-order valence-electron chi connectivity index (χ4n) is 2.13. The molecule has 5 heteroatoms. The van der Waals surface area contributed by atoms with Crippen LogP contribution in [0.25, 0.3) is 16.7 Å². The number of carboxylic acids is 1. The monoisotopic (exact) mass is 317 g/mol. The molecule has 0 radical (unpaired) electrons. The molecule has 0 saturated heterocycles. The van der Waals surface area contributed by atoms with Crippen molar-refractivity contribution >= 4 is 23.1 Å². The highest BCUT2D eigenvalue weighted by molar-refractivity contribution is 6.31. The minimum Gasteiger partial charge on any atom is -0.496 e. The Labute approximate surface area is 134 Å². The van der Waals surface area contributed by atoms with Crippen molar-refractivity contribution in [2.24, 2.45) is 0 Å². The van der Waals surface area contributed by atoms with E-state index < -0.39 is 5.97 Å². The van der Waals surface area contributed by atoms with E-state index in [-0.39, 0.29) is 0 Å². The van der Waals surface area contributed by atoms with E-state index in [1.807, 2.05) is 19.1 Å². The van der Waals surface area contributed by atoms with Crippen LogP contribution in [0, 0.1) is 6.92 Å². The van der Waals surface area contributed by atoms with Crippen molar-refractivity contribution in [1.29, 1.82) is 0 Å². The Bertz CT molecular complexity index is 754. The van der Waals surface area contributed by atoms with Crippen molar-refractivity contribution in [2.45, 2.75) is 13.8 Å². The number of halogens is 1. The lowest BCUT2D eigenvalue weighted by Crippen LogP contribution is -1.93. The third-order valence-corrected chi connectivity index (χ3v) is 3.73. The number of ether oxygens (including phenoxy) is 1. The molecule has 114 valence electrons. The zero-order valence-corrected chi connectivity index (χ0v) is 13.3. The molecule has 0 aliphatic rings. The Balaban J connectivity index is 2.55. The number of carboxylic acid groups (broad SMARTS) is 1. The van der Waals surface area contributed by atoms with Gasteiger partial charge in [0.15, 0.2) is 0 Å². The molecule has 1 N–H and O–H groups in total. The van der Waals surface area contributed by atoms with Crippen LogP contribution in [-0.4, -0.2) is 23.2 Å². The number of carbonyl (C=O) groups is 1. The number of pyridine rings is 1. The van der Waals surface area contributed by atoms with Crippen LogP contribution in [0.15, 0.2) is 36.7 Å². The Hall–Kier alpha value is -2.33. The van der Waals surface area contributed by atoms with Gasteiger partial charge in [0, 0.05) is 34.6 Å². The summed E-state index contributed by atoms with van der Waals surface area (Å²) in [7, 11) is 1.58. The van der Waals surface area contributed by atoms with Gasteiger partial charge in [-0.05, 0) is 48.7 Å². The van der Waals surface area contributed by atoms with E-state index in [4.69, 9.17) is 21.4 Å². The first kappa shape index (κ1) is 16.0. The molecule has 0 amide bonds. The molecule has 1 aromatic heterocycles. The molecule has 0 saturated carbocycles. The SMILES string of the molecule is COc1cc(Cl)c(C)cc1-c1cncc(/C(C)=C/C(=O)O)c1. The zero-order valence-electron chi connectivity index (χ0n) is 12.6. The lowest BCUT2D eigenvalue weighted by molar-refractivity contribution is -0.131. The molecule has 2 aromatic rings. The van der Waals surface area contributed by atoms with Crippen LogP contribution in [0.1, 0.15) is 18.1 Å². The molecule has 0 aliphatic carbocycles. The highest BCUT2D eigenvalue weighted by atomic mass is 35.5. The summed E-state index contributed by atoms with van der Waals surface area (Å²) in [4.78, 5) is 15.0. The molecule has 0 aliphatic heterocycles. The first-order valence-electron chi connectivity index (χ1n) is 6.63. The van der Waals surface area contributed by atoms with Gasteiger partial charge in [0.25, 0.3) is 0 Å². The number of benzene rings is 1. The minimum absolute atomic E-state index is 0.631. The molecular formula is C17H16ClNO3. The lowest BCUT2D eigenvalue weighted by Gasteiger charge is -2.12. The number of aliphatic carboxylic acids is 1. The quantitative estimate of drug-likeness (QED) is 0.858. The maximum atomic E-state index is 10.8. The molecule has 0 spiro atoms. The van der Waals surface area contributed by atoms with Gasteiger partial charge in [0.05, 0.1) is 7.11 Å². The van der Waals surface area contributed by atoms with Crippen LogP contribution in [0.5, 0.6) is 5.75 Å². The predicted octanol–water partition coefficient (Wildman–Crippen LogP) is 4.21. The number of aromatic nitrogens is 1. The largest absolute Gasteiger partial charge is 0.496 e. The van der Waals surface area contributed by atoms with Crippen molar-refractivity contribution in [1.82, 2.24) is 4.98 Å². The van der Waals surface area contributed by atoms with Crippen molar-refractivity contribution in [3.63, 3.8) is 0 Å². The predicted molar refractivity (Wildman–Crippen MR) is 87.3 cm³/mol. The summed E-state index contributed by atoms with van der Waals surface area (Å²) in [5.41, 5.74) is 4.01. The topological polar surface area (TPSA) is 59.4 Å². The number of hydrogen-bond donors (Lipinski definition) is 1. The van der Waals surface area contributed by atoms with E-state index in [0.29, 0.717) is 16.3 Å². The number of rotatable bonds is 4. The standard InChI is InChI=1S/C17H16ClNO3/c1-10(5-17(20)21)12-6-13(9-19-8-12)14-4-11(2)15(18)7-16(14)22-3/h4-9H,1-3H3,(H,20,21)/b10-5+. The van der Waals surface area contributed by atoms with Gasteiger partial charge in [0.1, 0.15) is 5.75 Å². The number of methoxy groups -OCH3 is 1. The van der Waals surface area contributed by atoms with Crippen molar-refractivity contribution in [3.8, 4) is 16.9 Å². The fraction of sp³-hybridized carbons (Fsp3) is 0.176. The molecule has 1 heterocycles. The first-order chi connectivity index (χ1) is 10.4. The summed E-state index contributed by atoms with van der Waals surface area (Å²) in [5, 5.41) is 9.48. The van der Waals surface area contributed by atoms with Crippen LogP contribution in [0.3, 0.4) is 0 Å². The molecular weight excluding hydrogens is 302 g/mol. The number of allylic oxidation sites excluding steroid dienone is 1. The summed E-state index contributed by atoms with van der Waals surface area (Å²) < 4.78 is 5.38. The Morgan fingerprint density at radius 2 is 2.05 bits per heavy atom. The third kappa shape index (κ3) is 3.46. The van der Waals surface area contributed by atoms with Crippen LogP contribution >= 0.6 is 11.6 Å². The minimum atomic E-state index is -0.983. The Morgan fingerprint density at radius 3 is 2.68 bits per heavy atom. The Morgan fingerprint density at radius 1 is 1.32 bits per heavy atom. The van der Waals surface area contributed by atoms with Gasteiger partial charge in [-0.1, -0.05) is 11.6 Å². The molecule has 0 fully saturated rings. The highest BCUT2D eigenvalue weighted by Gasteiger charge is 2.11. The number of hydrogen-bond acceptors (Lipinski definition) is 3. The summed E-state index contributed by atoms with van der Waals surface area (Å²) in [6.07, 6.45) is 4.50. The Kier molecular flexibility index (Phi) is 4.83. The summed E-state index contributed by atoms with van der Waals surface area (Å²) in [5.74, 6) is -0.336. The van der Waals surface area contributed by atoms with Gasteiger partial charge >= 0.3 is 5.97 Å².